The van der Waals surface area contributed by atoms with E-state index in [1.165, 1.54) is 84.0 Å². The van der Waals surface area contributed by atoms with Crippen LogP contribution < -0.4 is 4.74 Å². The maximum atomic E-state index is 14.1. The van der Waals surface area contributed by atoms with Crippen LogP contribution in [0.25, 0.3) is 56.3 Å². The van der Waals surface area contributed by atoms with Gasteiger partial charge in [-0.3, -0.25) is 0 Å². The summed E-state index contributed by atoms with van der Waals surface area (Å²) in [5, 5.41) is 22.0. The highest BCUT2D eigenvalue weighted by Crippen LogP contribution is 2.51. The highest BCUT2D eigenvalue weighted by atomic mass is 35.5. The van der Waals surface area contributed by atoms with Crippen molar-refractivity contribution in [3.63, 3.8) is 0 Å². The average Bonchev–Trinajstić information content (AvgIpc) is 1.45. The van der Waals surface area contributed by atoms with Crippen molar-refractivity contribution in [3.05, 3.63) is 221 Å². The fraction of sp³-hybridized carbons (Fsp3) is 0.424. The number of furan rings is 1. The van der Waals surface area contributed by atoms with Gasteiger partial charge < -0.3 is 60.2 Å². The third-order valence-electron chi connectivity index (χ3n) is 19.4. The normalized spacial score (nSPS) is 14.5. The Morgan fingerprint density at radius 1 is 0.370 bits per heavy atom. The van der Waals surface area contributed by atoms with E-state index in [0.29, 0.717) is 97.1 Å². The van der Waals surface area contributed by atoms with Crippen LogP contribution in [0, 0.1) is 54.3 Å². The van der Waals surface area contributed by atoms with Crippen LogP contribution in [0.4, 0.5) is 13.2 Å². The lowest BCUT2D eigenvalue weighted by molar-refractivity contribution is -0.158. The summed E-state index contributed by atoms with van der Waals surface area (Å²) >= 11 is 12.5. The van der Waals surface area contributed by atoms with Gasteiger partial charge in [-0.15, -0.1) is 0 Å². The maximum absolute atomic E-state index is 14.1. The fourth-order valence-corrected chi connectivity index (χ4v) is 13.8. The molecule has 0 aliphatic heterocycles. The van der Waals surface area contributed by atoms with E-state index in [9.17, 15) is 13.2 Å². The van der Waals surface area contributed by atoms with E-state index < -0.39 is 6.11 Å². The van der Waals surface area contributed by atoms with Gasteiger partial charge in [0, 0.05) is 135 Å². The van der Waals surface area contributed by atoms with Crippen molar-refractivity contribution >= 4 is 23.2 Å². The van der Waals surface area contributed by atoms with Gasteiger partial charge in [-0.1, -0.05) is 122 Å². The Hall–Kier alpha value is -8.64. The van der Waals surface area contributed by atoms with Crippen molar-refractivity contribution in [1.29, 1.82) is 0 Å². The number of aromatic nitrogens is 5. The van der Waals surface area contributed by atoms with Gasteiger partial charge in [-0.05, 0) is 170 Å². The van der Waals surface area contributed by atoms with Crippen LogP contribution in [0.5, 0.6) is 5.75 Å². The number of halogens is 5. The Bertz CT molecular complexity index is 4460. The fourth-order valence-electron chi connectivity index (χ4n) is 13.2. The van der Waals surface area contributed by atoms with Crippen LogP contribution in [0.1, 0.15) is 202 Å². The van der Waals surface area contributed by atoms with Crippen molar-refractivity contribution in [3.8, 4) is 62.0 Å². The zero-order valence-corrected chi connectivity index (χ0v) is 65.5. The van der Waals surface area contributed by atoms with E-state index in [1.807, 2.05) is 64.1 Å². The highest BCUT2D eigenvalue weighted by molar-refractivity contribution is 6.34. The minimum absolute atomic E-state index is 0.0435. The molecule has 5 saturated carbocycles. The molecule has 574 valence electrons. The van der Waals surface area contributed by atoms with E-state index >= 15 is 0 Å². The molecule has 23 heteroatoms. The van der Waals surface area contributed by atoms with Gasteiger partial charge in [0.25, 0.3) is 0 Å². The number of rotatable bonds is 24. The summed E-state index contributed by atoms with van der Waals surface area (Å²) in [4.78, 5) is 0. The summed E-state index contributed by atoms with van der Waals surface area (Å²) in [5.74, 6) is 7.61. The summed E-state index contributed by atoms with van der Waals surface area (Å²) in [6.07, 6.45) is 9.86. The molecule has 0 saturated heterocycles. The number of methoxy groups -OCH3 is 6. The molecular formula is C85H96Cl2F3N5O13. The second kappa shape index (κ2) is 36.7. The summed E-state index contributed by atoms with van der Waals surface area (Å²) in [5.41, 5.74) is 20.6. The molecule has 6 aromatic heterocycles. The molecule has 0 unspecified atom stereocenters. The number of hydrogen-bond acceptors (Lipinski definition) is 18. The topological polar surface area (TPSA) is 208 Å². The Kier molecular flexibility index (Phi) is 27.3. The largest absolute Gasteiger partial charge is 0.469 e. The minimum Gasteiger partial charge on any atom is -0.469 e. The second-order valence-electron chi connectivity index (χ2n) is 28.3. The standard InChI is InChI=1S/C16H16ClF2NO3.C16H19NO2.C15H16ClNO2.C15H16FNO2.C15H17NO2.C8H12O2/c1-16(18,19)22-12-5-3-4-11(17)13(12)14-10(8-21-2)15(23-20-14)9-6-7-9;1-10-5-4-6-11(2)14(10)15-13(9-18-3)16(19-17-15)12-7-8-12;2*1-9-4-3-5-12(16)13(9)14-11(8-18-2)15(19-17-14)10-6-7-10;1-10-5-3-4-6-12(10)14-13(9-17-2)15(18-16-14)11-7-8-11;1-6-4-10-7(2)8(6)5-9-3/h3-5,9H,6-8H2,1-2H3;4-6,12H,7-9H2,1-3H3;2*3-5,10H,6-8H2,1-2H3;3-6,11H,7-9H2,1-2H3;4H,5H2,1-3H3. The van der Waals surface area contributed by atoms with E-state index in [4.69, 9.17) is 83.4 Å². The maximum Gasteiger partial charge on any atom is 0.394 e. The van der Waals surface area contributed by atoms with E-state index in [0.717, 1.165) is 127 Å². The second-order valence-corrected chi connectivity index (χ2v) is 29.1. The molecule has 5 aromatic carbocycles. The van der Waals surface area contributed by atoms with Crippen LogP contribution >= 0.6 is 23.2 Å². The quantitative estimate of drug-likeness (QED) is 0.0551. The monoisotopic (exact) mass is 1520 g/mol. The molecule has 18 nitrogen and oxygen atoms in total. The summed E-state index contributed by atoms with van der Waals surface area (Å²) in [6, 6.07) is 30.0. The van der Waals surface area contributed by atoms with Gasteiger partial charge in [0.15, 0.2) is 0 Å². The molecule has 0 amide bonds. The lowest BCUT2D eigenvalue weighted by atomic mass is 9.96. The molecular weight excluding hydrogens is 1430 g/mol. The predicted molar refractivity (Wildman–Crippen MR) is 407 cm³/mol. The van der Waals surface area contributed by atoms with Crippen molar-refractivity contribution in [1.82, 2.24) is 25.8 Å². The van der Waals surface area contributed by atoms with E-state index in [2.05, 4.69) is 76.9 Å². The van der Waals surface area contributed by atoms with Gasteiger partial charge in [0.1, 0.15) is 74.6 Å². The van der Waals surface area contributed by atoms with Crippen LogP contribution in [-0.2, 0) is 68.1 Å². The molecule has 0 atom stereocenters. The summed E-state index contributed by atoms with van der Waals surface area (Å²) < 4.78 is 110. The van der Waals surface area contributed by atoms with E-state index in [-0.39, 0.29) is 23.2 Å². The zero-order valence-electron chi connectivity index (χ0n) is 63.9. The van der Waals surface area contributed by atoms with Crippen molar-refractivity contribution < 1.29 is 73.4 Å². The molecule has 108 heavy (non-hydrogen) atoms. The lowest BCUT2D eigenvalue weighted by Gasteiger charge is -2.16. The summed E-state index contributed by atoms with van der Waals surface area (Å²) in [7, 11) is 9.99. The number of ether oxygens (including phenoxy) is 7. The predicted octanol–water partition coefficient (Wildman–Crippen LogP) is 22.8. The van der Waals surface area contributed by atoms with Gasteiger partial charge in [0.2, 0.25) is 0 Å². The molecule has 5 fully saturated rings. The van der Waals surface area contributed by atoms with Crippen molar-refractivity contribution in [2.45, 2.75) is 195 Å². The number of nitrogens with zero attached hydrogens (tertiary/aromatic N) is 5. The van der Waals surface area contributed by atoms with E-state index in [1.54, 1.807) is 67.1 Å². The first-order valence-corrected chi connectivity index (χ1v) is 37.3. The first-order chi connectivity index (χ1) is 52.1. The van der Waals surface area contributed by atoms with Crippen LogP contribution in [0.3, 0.4) is 0 Å². The Balaban J connectivity index is 0.000000130. The third-order valence-corrected chi connectivity index (χ3v) is 20.0. The Labute approximate surface area is 639 Å². The zero-order chi connectivity index (χ0) is 76.9. The number of benzene rings is 5. The molecule has 0 N–H and O–H groups in total. The highest BCUT2D eigenvalue weighted by Gasteiger charge is 2.38. The molecule has 0 spiro atoms. The van der Waals surface area contributed by atoms with Gasteiger partial charge in [0.05, 0.1) is 61.5 Å². The smallest absolute Gasteiger partial charge is 0.394 e. The first kappa shape index (κ1) is 80.4. The van der Waals surface area contributed by atoms with Gasteiger partial charge in [-0.2, -0.15) is 8.78 Å². The molecule has 5 aliphatic rings. The van der Waals surface area contributed by atoms with Crippen LogP contribution in [-0.4, -0.2) is 74.6 Å². The van der Waals surface area contributed by atoms with Crippen LogP contribution in [0.15, 0.2) is 130 Å². The average molecular weight is 1520 g/mol. The lowest BCUT2D eigenvalue weighted by Crippen LogP contribution is -2.19. The molecule has 11 aromatic rings. The van der Waals surface area contributed by atoms with Crippen molar-refractivity contribution in [2.75, 3.05) is 42.7 Å². The van der Waals surface area contributed by atoms with Gasteiger partial charge >= 0.3 is 6.11 Å². The van der Waals surface area contributed by atoms with Gasteiger partial charge in [-0.25, -0.2) is 4.39 Å². The first-order valence-electron chi connectivity index (χ1n) is 36.5. The van der Waals surface area contributed by atoms with Crippen LogP contribution in [0.2, 0.25) is 10.0 Å². The molecule has 16 rings (SSSR count). The SMILES string of the molecule is COCc1c(-c2c(C)cccc2C)noc1C1CC1.COCc1c(-c2c(C)cccc2Cl)noc1C1CC1.COCc1c(-c2c(C)cccc2F)noc1C1CC1.COCc1c(-c2c(Cl)cccc2OC(C)(F)F)noc1C1CC1.COCc1c(-c2ccccc2C)noc1C1CC1.COCc1c(C)coc1C. The third kappa shape index (κ3) is 19.7. The number of alkyl halides is 2. The Morgan fingerprint density at radius 2 is 0.685 bits per heavy atom. The molecule has 0 radical (unpaired) electrons. The molecule has 5 aliphatic carbocycles. The summed E-state index contributed by atoms with van der Waals surface area (Å²) in [6.45, 7) is 17.8. The number of aryl methyl sites for hydroxylation is 7. The molecule has 0 bridgehead atoms. The Morgan fingerprint density at radius 3 is 1.06 bits per heavy atom. The minimum atomic E-state index is -3.33. The number of hydrogen-bond donors (Lipinski definition) is 0. The van der Waals surface area contributed by atoms with Crippen molar-refractivity contribution in [2.24, 2.45) is 0 Å². The molecule has 6 heterocycles.